The lowest BCUT2D eigenvalue weighted by Gasteiger charge is -2.17. The highest BCUT2D eigenvalue weighted by Crippen LogP contribution is 2.30. The van der Waals surface area contributed by atoms with Gasteiger partial charge in [-0.3, -0.25) is 4.99 Å². The number of rotatable bonds is 7. The van der Waals surface area contributed by atoms with Crippen molar-refractivity contribution in [1.82, 2.24) is 9.62 Å². The molecule has 0 aromatic heterocycles. The molecule has 1 aromatic carbocycles. The number of ether oxygens (including phenoxy) is 2. The van der Waals surface area contributed by atoms with E-state index in [-0.39, 0.29) is 5.75 Å². The molecular formula is C16H26N4O4S. The molecule has 0 radical (unpaired) electrons. The van der Waals surface area contributed by atoms with Gasteiger partial charge in [0.15, 0.2) is 17.5 Å². The van der Waals surface area contributed by atoms with Crippen LogP contribution in [0.1, 0.15) is 13.3 Å². The smallest absolute Gasteiger partial charge is 0.214 e. The maximum atomic E-state index is 11.8. The summed E-state index contributed by atoms with van der Waals surface area (Å²) in [5.74, 6) is 2.11. The van der Waals surface area contributed by atoms with E-state index >= 15 is 0 Å². The number of nitrogens with one attached hydrogen (secondary N) is 2. The zero-order chi connectivity index (χ0) is 18.3. The third-order valence-electron chi connectivity index (χ3n) is 3.81. The third-order valence-corrected chi connectivity index (χ3v) is 5.76. The molecule has 9 heteroatoms. The van der Waals surface area contributed by atoms with Crippen molar-refractivity contribution in [2.45, 2.75) is 13.3 Å². The Bertz CT molecular complexity index is 706. The zero-order valence-corrected chi connectivity index (χ0v) is 15.7. The van der Waals surface area contributed by atoms with Crippen molar-refractivity contribution in [2.75, 3.05) is 51.5 Å². The van der Waals surface area contributed by atoms with Crippen molar-refractivity contribution in [1.29, 1.82) is 0 Å². The van der Waals surface area contributed by atoms with Gasteiger partial charge in [0.2, 0.25) is 10.0 Å². The van der Waals surface area contributed by atoms with Crippen molar-refractivity contribution in [2.24, 2.45) is 4.99 Å². The number of methoxy groups -OCH3 is 1. The van der Waals surface area contributed by atoms with Gasteiger partial charge in [-0.25, -0.2) is 12.7 Å². The summed E-state index contributed by atoms with van der Waals surface area (Å²) in [6, 6.07) is 5.52. The molecule has 8 nitrogen and oxygen atoms in total. The number of guanidine groups is 1. The van der Waals surface area contributed by atoms with Gasteiger partial charge in [0.1, 0.15) is 0 Å². The van der Waals surface area contributed by atoms with E-state index in [1.165, 1.54) is 4.31 Å². The van der Waals surface area contributed by atoms with Crippen LogP contribution in [-0.4, -0.2) is 64.8 Å². The summed E-state index contributed by atoms with van der Waals surface area (Å²) in [5, 5.41) is 6.27. The summed E-state index contributed by atoms with van der Waals surface area (Å²) in [4.78, 5) is 4.15. The summed E-state index contributed by atoms with van der Waals surface area (Å²) >= 11 is 0. The van der Waals surface area contributed by atoms with Crippen molar-refractivity contribution in [3.63, 3.8) is 0 Å². The molecule has 1 aliphatic rings. The number of aliphatic imine (C=N–C) groups is 1. The molecule has 2 N–H and O–H groups in total. The molecule has 0 unspecified atom stereocenters. The molecule has 0 saturated carbocycles. The monoisotopic (exact) mass is 370 g/mol. The highest BCUT2D eigenvalue weighted by Gasteiger charge is 2.27. The molecule has 1 saturated heterocycles. The molecule has 1 aliphatic heterocycles. The van der Waals surface area contributed by atoms with Gasteiger partial charge < -0.3 is 20.1 Å². The van der Waals surface area contributed by atoms with E-state index in [1.54, 1.807) is 14.2 Å². The van der Waals surface area contributed by atoms with E-state index in [2.05, 4.69) is 15.6 Å². The van der Waals surface area contributed by atoms with Gasteiger partial charge in [-0.1, -0.05) is 0 Å². The first-order chi connectivity index (χ1) is 12.0. The average Bonchev–Trinajstić information content (AvgIpc) is 2.93. The van der Waals surface area contributed by atoms with Gasteiger partial charge in [0.25, 0.3) is 0 Å². The Kier molecular flexibility index (Phi) is 6.89. The molecule has 25 heavy (non-hydrogen) atoms. The second kappa shape index (κ2) is 8.91. The summed E-state index contributed by atoms with van der Waals surface area (Å²) in [6.07, 6.45) is 0.696. The Morgan fingerprint density at radius 2 is 2.16 bits per heavy atom. The largest absolute Gasteiger partial charge is 0.493 e. The fourth-order valence-corrected chi connectivity index (χ4v) is 4.11. The molecule has 2 rings (SSSR count). The number of hydrogen-bond acceptors (Lipinski definition) is 5. The Morgan fingerprint density at radius 3 is 2.76 bits per heavy atom. The van der Waals surface area contributed by atoms with Crippen LogP contribution in [0.4, 0.5) is 5.69 Å². The first-order valence-electron chi connectivity index (χ1n) is 8.26. The van der Waals surface area contributed by atoms with Crippen LogP contribution in [0.15, 0.2) is 23.2 Å². The van der Waals surface area contributed by atoms with Gasteiger partial charge in [-0.2, -0.15) is 0 Å². The van der Waals surface area contributed by atoms with E-state index < -0.39 is 10.0 Å². The molecule has 0 spiro atoms. The maximum Gasteiger partial charge on any atom is 0.214 e. The predicted octanol–water partition coefficient (Wildman–Crippen LogP) is 1.12. The van der Waals surface area contributed by atoms with Crippen LogP contribution in [0.5, 0.6) is 11.5 Å². The van der Waals surface area contributed by atoms with E-state index in [4.69, 9.17) is 9.47 Å². The third kappa shape index (κ3) is 5.23. The van der Waals surface area contributed by atoms with Gasteiger partial charge in [0.05, 0.1) is 19.5 Å². The number of hydrogen-bond donors (Lipinski definition) is 2. The van der Waals surface area contributed by atoms with Gasteiger partial charge in [-0.15, -0.1) is 0 Å². The summed E-state index contributed by atoms with van der Waals surface area (Å²) < 4.78 is 35.9. The van der Waals surface area contributed by atoms with Crippen molar-refractivity contribution < 1.29 is 17.9 Å². The minimum absolute atomic E-state index is 0.242. The van der Waals surface area contributed by atoms with Gasteiger partial charge >= 0.3 is 0 Å². The van der Waals surface area contributed by atoms with E-state index in [0.29, 0.717) is 50.1 Å². The Labute approximate surface area is 149 Å². The van der Waals surface area contributed by atoms with Crippen LogP contribution < -0.4 is 20.1 Å². The van der Waals surface area contributed by atoms with Crippen molar-refractivity contribution >= 4 is 21.7 Å². The van der Waals surface area contributed by atoms with Crippen LogP contribution in [0, 0.1) is 0 Å². The first-order valence-corrected chi connectivity index (χ1v) is 9.87. The van der Waals surface area contributed by atoms with Gasteiger partial charge in [-0.05, 0) is 25.5 Å². The number of benzene rings is 1. The standard InChI is InChI=1S/C16H26N4O4S/c1-4-24-14-7-6-13(12-15(14)23-3)19-16(17-2)18-8-10-20-9-5-11-25(20,21)22/h6-7,12H,4-5,8-11H2,1-3H3,(H2,17,18,19). The quantitative estimate of drug-likeness (QED) is 0.552. The van der Waals surface area contributed by atoms with Crippen LogP contribution in [0.3, 0.4) is 0 Å². The topological polar surface area (TPSA) is 92.3 Å². The fraction of sp³-hybridized carbons (Fsp3) is 0.562. The Morgan fingerprint density at radius 1 is 1.36 bits per heavy atom. The molecule has 1 aromatic rings. The van der Waals surface area contributed by atoms with Crippen molar-refractivity contribution in [3.05, 3.63) is 18.2 Å². The summed E-state index contributed by atoms with van der Waals surface area (Å²) in [5.41, 5.74) is 0.794. The second-order valence-electron chi connectivity index (χ2n) is 5.49. The molecule has 0 atom stereocenters. The lowest BCUT2D eigenvalue weighted by atomic mass is 10.2. The molecule has 1 heterocycles. The Hall–Kier alpha value is -2.00. The minimum Gasteiger partial charge on any atom is -0.493 e. The van der Waals surface area contributed by atoms with Crippen LogP contribution >= 0.6 is 0 Å². The lowest BCUT2D eigenvalue weighted by Crippen LogP contribution is -2.38. The van der Waals surface area contributed by atoms with Crippen molar-refractivity contribution in [3.8, 4) is 11.5 Å². The lowest BCUT2D eigenvalue weighted by molar-refractivity contribution is 0.311. The molecule has 0 aliphatic carbocycles. The summed E-state index contributed by atoms with van der Waals surface area (Å²) in [7, 11) is 0.182. The van der Waals surface area contributed by atoms with Gasteiger partial charge in [0, 0.05) is 38.4 Å². The number of anilines is 1. The first kappa shape index (κ1) is 19.3. The molecule has 140 valence electrons. The van der Waals surface area contributed by atoms with E-state index in [0.717, 1.165) is 5.69 Å². The van der Waals surface area contributed by atoms with E-state index in [9.17, 15) is 8.42 Å². The number of nitrogens with zero attached hydrogens (tertiary/aromatic N) is 2. The van der Waals surface area contributed by atoms with Crippen LogP contribution in [-0.2, 0) is 10.0 Å². The molecule has 0 bridgehead atoms. The maximum absolute atomic E-state index is 11.8. The summed E-state index contributed by atoms with van der Waals surface area (Å²) in [6.45, 7) is 3.97. The normalized spacial score (nSPS) is 17.3. The second-order valence-corrected chi connectivity index (χ2v) is 7.58. The predicted molar refractivity (Wildman–Crippen MR) is 99.1 cm³/mol. The minimum atomic E-state index is -3.07. The fourth-order valence-electron chi connectivity index (χ4n) is 2.58. The average molecular weight is 370 g/mol. The number of sulfonamides is 1. The SMILES string of the molecule is CCOc1ccc(NC(=NC)NCCN2CCCS2(=O)=O)cc1OC. The van der Waals surface area contributed by atoms with Crippen LogP contribution in [0.2, 0.25) is 0 Å². The van der Waals surface area contributed by atoms with E-state index in [1.807, 2.05) is 25.1 Å². The molecule has 1 fully saturated rings. The Balaban J connectivity index is 1.91. The molecular weight excluding hydrogens is 344 g/mol. The van der Waals surface area contributed by atoms with Crippen LogP contribution in [0.25, 0.3) is 0 Å². The zero-order valence-electron chi connectivity index (χ0n) is 14.9. The molecule has 0 amide bonds. The highest BCUT2D eigenvalue weighted by atomic mass is 32.2. The highest BCUT2D eigenvalue weighted by molar-refractivity contribution is 7.89.